The minimum Gasteiger partial charge on any atom is -0.325 e. The highest BCUT2D eigenvalue weighted by atomic mass is 32.2. The summed E-state index contributed by atoms with van der Waals surface area (Å²) < 4.78 is 26.7. The van der Waals surface area contributed by atoms with Crippen LogP contribution in [0.15, 0.2) is 53.4 Å². The molecule has 0 radical (unpaired) electrons. The number of hydrogen-bond donors (Lipinski definition) is 1. The normalized spacial score (nSPS) is 16.1. The number of nitrogens with zero attached hydrogens (tertiary/aromatic N) is 2. The van der Waals surface area contributed by atoms with Crippen LogP contribution in [0.3, 0.4) is 0 Å². The Hall–Kier alpha value is -2.22. The largest absolute Gasteiger partial charge is 0.325 e. The molecule has 1 heterocycles. The molecule has 0 unspecified atom stereocenters. The molecule has 1 amide bonds. The van der Waals surface area contributed by atoms with Gasteiger partial charge in [-0.3, -0.25) is 9.69 Å². The third-order valence-electron chi connectivity index (χ3n) is 5.55. The molecule has 0 spiro atoms. The lowest BCUT2D eigenvalue weighted by Gasteiger charge is -2.24. The number of aryl methyl sites for hydroxylation is 1. The van der Waals surface area contributed by atoms with Gasteiger partial charge in [-0.2, -0.15) is 4.31 Å². The van der Waals surface area contributed by atoms with Gasteiger partial charge in [0.25, 0.3) is 0 Å². The topological polar surface area (TPSA) is 69.7 Å². The Morgan fingerprint density at radius 2 is 1.72 bits per heavy atom. The molecule has 1 saturated heterocycles. The van der Waals surface area contributed by atoms with Crippen molar-refractivity contribution >= 4 is 21.6 Å². The first kappa shape index (κ1) is 21.5. The van der Waals surface area contributed by atoms with Crippen molar-refractivity contribution in [2.24, 2.45) is 0 Å². The number of carbonyl (C=O) groups is 1. The van der Waals surface area contributed by atoms with Crippen molar-refractivity contribution in [3.63, 3.8) is 0 Å². The summed E-state index contributed by atoms with van der Waals surface area (Å²) in [5, 5.41) is 2.88. The Morgan fingerprint density at radius 3 is 2.34 bits per heavy atom. The maximum absolute atomic E-state index is 12.6. The predicted molar refractivity (Wildman–Crippen MR) is 115 cm³/mol. The number of hydrogen-bond acceptors (Lipinski definition) is 4. The van der Waals surface area contributed by atoms with Crippen LogP contribution in [-0.2, 0) is 21.4 Å². The highest BCUT2D eigenvalue weighted by molar-refractivity contribution is 7.89. The molecule has 3 rings (SSSR count). The van der Waals surface area contributed by atoms with Crippen molar-refractivity contribution in [1.29, 1.82) is 0 Å². The van der Waals surface area contributed by atoms with E-state index in [-0.39, 0.29) is 16.8 Å². The zero-order chi connectivity index (χ0) is 21.0. The molecule has 1 aliphatic heterocycles. The van der Waals surface area contributed by atoms with E-state index in [2.05, 4.69) is 24.4 Å². The molecule has 1 N–H and O–H groups in total. The molecule has 0 aliphatic carbocycles. The van der Waals surface area contributed by atoms with Gasteiger partial charge in [-0.05, 0) is 69.1 Å². The molecular formula is C22H29N3O3S. The van der Waals surface area contributed by atoms with Crippen LogP contribution in [0.1, 0.15) is 30.9 Å². The van der Waals surface area contributed by atoms with Gasteiger partial charge < -0.3 is 5.32 Å². The number of amides is 1. The van der Waals surface area contributed by atoms with Crippen LogP contribution in [0.5, 0.6) is 0 Å². The lowest BCUT2D eigenvalue weighted by molar-refractivity contribution is -0.120. The summed E-state index contributed by atoms with van der Waals surface area (Å²) in [6, 6.07) is 14.2. The van der Waals surface area contributed by atoms with Crippen LogP contribution in [-0.4, -0.2) is 49.7 Å². The van der Waals surface area contributed by atoms with Crippen LogP contribution < -0.4 is 5.32 Å². The lowest BCUT2D eigenvalue weighted by atomic mass is 10.1. The summed E-state index contributed by atoms with van der Waals surface area (Å²) in [6.45, 7) is 5.75. The fourth-order valence-corrected chi connectivity index (χ4v) is 4.94. The van der Waals surface area contributed by atoms with Crippen LogP contribution in [0.4, 0.5) is 5.69 Å². The molecule has 7 heteroatoms. The third-order valence-corrected chi connectivity index (χ3v) is 7.46. The van der Waals surface area contributed by atoms with E-state index in [0.717, 1.165) is 12.8 Å². The molecule has 1 aliphatic rings. The Labute approximate surface area is 173 Å². The molecule has 0 bridgehead atoms. The molecule has 1 atom stereocenters. The third kappa shape index (κ3) is 5.04. The number of anilines is 1. The van der Waals surface area contributed by atoms with Crippen LogP contribution in [0.2, 0.25) is 0 Å². The highest BCUT2D eigenvalue weighted by Crippen LogP contribution is 2.22. The Morgan fingerprint density at radius 1 is 1.10 bits per heavy atom. The minimum absolute atomic E-state index is 0.128. The molecule has 2 aromatic rings. The first-order chi connectivity index (χ1) is 13.8. The van der Waals surface area contributed by atoms with Gasteiger partial charge >= 0.3 is 0 Å². The van der Waals surface area contributed by atoms with E-state index in [1.165, 1.54) is 15.4 Å². The van der Waals surface area contributed by atoms with Gasteiger partial charge in [0.2, 0.25) is 15.9 Å². The zero-order valence-corrected chi connectivity index (χ0v) is 18.1. The fourth-order valence-electron chi connectivity index (χ4n) is 3.43. The van der Waals surface area contributed by atoms with E-state index in [4.69, 9.17) is 0 Å². The first-order valence-corrected chi connectivity index (χ1v) is 11.4. The molecule has 0 aromatic heterocycles. The van der Waals surface area contributed by atoms with Crippen LogP contribution in [0, 0.1) is 6.92 Å². The second kappa shape index (κ2) is 9.07. The SMILES string of the molecule is Cc1ccccc1CN(C)[C@@H](C)C(=O)Nc1ccc(S(=O)(=O)N2CCCC2)cc1. The van der Waals surface area contributed by atoms with Crippen LogP contribution >= 0.6 is 0 Å². The van der Waals surface area contributed by atoms with E-state index < -0.39 is 10.0 Å². The number of nitrogens with one attached hydrogen (secondary N) is 1. The summed E-state index contributed by atoms with van der Waals surface area (Å²) in [5.74, 6) is -0.128. The Kier molecular flexibility index (Phi) is 6.72. The number of benzene rings is 2. The molecule has 156 valence electrons. The van der Waals surface area contributed by atoms with Crippen molar-refractivity contribution < 1.29 is 13.2 Å². The average molecular weight is 416 g/mol. The maximum Gasteiger partial charge on any atom is 0.243 e. The predicted octanol–water partition coefficient (Wildman–Crippen LogP) is 3.24. The summed E-state index contributed by atoms with van der Waals surface area (Å²) in [6.07, 6.45) is 1.81. The standard InChI is InChI=1S/C22H29N3O3S/c1-17-8-4-5-9-19(17)16-24(3)18(2)22(26)23-20-10-12-21(13-11-20)29(27,28)25-14-6-7-15-25/h4-5,8-13,18H,6-7,14-16H2,1-3H3,(H,23,26)/t18-/m0/s1. The van der Waals surface area contributed by atoms with Gasteiger partial charge in [-0.1, -0.05) is 24.3 Å². The van der Waals surface area contributed by atoms with Gasteiger partial charge in [0.15, 0.2) is 0 Å². The molecule has 0 saturated carbocycles. The molecule has 2 aromatic carbocycles. The fraction of sp³-hybridized carbons (Fsp3) is 0.409. The van der Waals surface area contributed by atoms with E-state index >= 15 is 0 Å². The molecular weight excluding hydrogens is 386 g/mol. The smallest absolute Gasteiger partial charge is 0.243 e. The molecule has 1 fully saturated rings. The molecule has 29 heavy (non-hydrogen) atoms. The summed E-state index contributed by atoms with van der Waals surface area (Å²) in [7, 11) is -1.52. The second-order valence-electron chi connectivity index (χ2n) is 7.64. The number of rotatable bonds is 7. The monoisotopic (exact) mass is 415 g/mol. The van der Waals surface area contributed by atoms with Crippen molar-refractivity contribution in [2.75, 3.05) is 25.5 Å². The van der Waals surface area contributed by atoms with E-state index in [1.807, 2.05) is 31.0 Å². The zero-order valence-electron chi connectivity index (χ0n) is 17.3. The van der Waals surface area contributed by atoms with E-state index in [1.54, 1.807) is 24.3 Å². The maximum atomic E-state index is 12.6. The quantitative estimate of drug-likeness (QED) is 0.754. The van der Waals surface area contributed by atoms with Gasteiger partial charge in [-0.25, -0.2) is 8.42 Å². The van der Waals surface area contributed by atoms with E-state index in [9.17, 15) is 13.2 Å². The van der Waals surface area contributed by atoms with Crippen LogP contribution in [0.25, 0.3) is 0 Å². The van der Waals surface area contributed by atoms with Crippen molar-refractivity contribution in [3.8, 4) is 0 Å². The molecule has 6 nitrogen and oxygen atoms in total. The summed E-state index contributed by atoms with van der Waals surface area (Å²) in [5.41, 5.74) is 2.97. The first-order valence-electron chi connectivity index (χ1n) is 9.95. The highest BCUT2D eigenvalue weighted by Gasteiger charge is 2.27. The van der Waals surface area contributed by atoms with Gasteiger partial charge in [0, 0.05) is 25.3 Å². The summed E-state index contributed by atoms with van der Waals surface area (Å²) >= 11 is 0. The lowest BCUT2D eigenvalue weighted by Crippen LogP contribution is -2.39. The second-order valence-corrected chi connectivity index (χ2v) is 9.58. The van der Waals surface area contributed by atoms with Gasteiger partial charge in [-0.15, -0.1) is 0 Å². The van der Waals surface area contributed by atoms with E-state index in [0.29, 0.717) is 25.3 Å². The number of carbonyl (C=O) groups excluding carboxylic acids is 1. The average Bonchev–Trinajstić information content (AvgIpc) is 3.25. The Bertz CT molecular complexity index is 952. The van der Waals surface area contributed by atoms with Crippen molar-refractivity contribution in [2.45, 2.75) is 44.2 Å². The Balaban J connectivity index is 1.62. The summed E-state index contributed by atoms with van der Waals surface area (Å²) in [4.78, 5) is 14.9. The van der Waals surface area contributed by atoms with Crippen molar-refractivity contribution in [3.05, 3.63) is 59.7 Å². The van der Waals surface area contributed by atoms with Crippen molar-refractivity contribution in [1.82, 2.24) is 9.21 Å². The van der Waals surface area contributed by atoms with Gasteiger partial charge in [0.1, 0.15) is 0 Å². The minimum atomic E-state index is -3.44. The number of likely N-dealkylation sites (N-methyl/N-ethyl adjacent to an activating group) is 1. The number of sulfonamides is 1. The van der Waals surface area contributed by atoms with Gasteiger partial charge in [0.05, 0.1) is 10.9 Å².